The summed E-state index contributed by atoms with van der Waals surface area (Å²) in [6.45, 7) is 0. The van der Waals surface area contributed by atoms with Gasteiger partial charge in [0.1, 0.15) is 12.2 Å². The van der Waals surface area contributed by atoms with Crippen LogP contribution in [-0.4, -0.2) is 5.11 Å². The van der Waals surface area contributed by atoms with Crippen molar-refractivity contribution in [2.24, 2.45) is 0 Å². The van der Waals surface area contributed by atoms with Crippen LogP contribution >= 0.6 is 11.6 Å². The Morgan fingerprint density at radius 1 is 1.06 bits per heavy atom. The number of benzene rings is 2. The van der Waals surface area contributed by atoms with E-state index < -0.39 is 6.10 Å². The van der Waals surface area contributed by atoms with Crippen LogP contribution in [0.5, 0.6) is 0 Å². The van der Waals surface area contributed by atoms with Crippen molar-refractivity contribution in [1.29, 1.82) is 5.26 Å². The van der Waals surface area contributed by atoms with Crippen LogP contribution in [0.4, 0.5) is 0 Å². The summed E-state index contributed by atoms with van der Waals surface area (Å²) in [7, 11) is 0. The van der Waals surface area contributed by atoms with Crippen LogP contribution in [0.25, 0.3) is 0 Å². The van der Waals surface area contributed by atoms with Crippen molar-refractivity contribution < 1.29 is 5.11 Å². The lowest BCUT2D eigenvalue weighted by Gasteiger charge is -2.13. The molecular weight excluding hydrogens is 234 g/mol. The molecule has 1 unspecified atom stereocenters. The summed E-state index contributed by atoms with van der Waals surface area (Å²) in [6, 6.07) is 16.3. The lowest BCUT2D eigenvalue weighted by molar-refractivity contribution is 0.220. The first-order chi connectivity index (χ1) is 8.24. The zero-order valence-corrected chi connectivity index (χ0v) is 9.72. The maximum absolute atomic E-state index is 10.2. The minimum Gasteiger partial charge on any atom is -0.384 e. The molecule has 2 rings (SSSR count). The highest BCUT2D eigenvalue weighted by molar-refractivity contribution is 6.32. The summed E-state index contributed by atoms with van der Waals surface area (Å²) in [4.78, 5) is 0. The lowest BCUT2D eigenvalue weighted by atomic mass is 10.00. The van der Waals surface area contributed by atoms with Crippen LogP contribution in [-0.2, 0) is 0 Å². The SMILES string of the molecule is N#Cc1cccc(C(O)c2ccccc2)c1Cl. The summed E-state index contributed by atoms with van der Waals surface area (Å²) < 4.78 is 0. The maximum Gasteiger partial charge on any atom is 0.106 e. The molecule has 0 bridgehead atoms. The predicted molar refractivity (Wildman–Crippen MR) is 66.7 cm³/mol. The highest BCUT2D eigenvalue weighted by atomic mass is 35.5. The quantitative estimate of drug-likeness (QED) is 0.880. The summed E-state index contributed by atoms with van der Waals surface area (Å²) >= 11 is 6.07. The highest BCUT2D eigenvalue weighted by Gasteiger charge is 2.15. The van der Waals surface area contributed by atoms with E-state index in [1.165, 1.54) is 0 Å². The summed E-state index contributed by atoms with van der Waals surface area (Å²) in [5, 5.41) is 19.4. The minimum atomic E-state index is -0.808. The van der Waals surface area contributed by atoms with Gasteiger partial charge in [0.2, 0.25) is 0 Å². The van der Waals surface area contributed by atoms with E-state index in [1.54, 1.807) is 18.2 Å². The second-order valence-corrected chi connectivity index (χ2v) is 4.01. The first kappa shape index (κ1) is 11.7. The molecule has 2 nitrogen and oxygen atoms in total. The van der Waals surface area contributed by atoms with Gasteiger partial charge >= 0.3 is 0 Å². The van der Waals surface area contributed by atoms with Crippen LogP contribution in [0.3, 0.4) is 0 Å². The number of aliphatic hydroxyl groups excluding tert-OH is 1. The molecule has 0 fully saturated rings. The van der Waals surface area contributed by atoms with Gasteiger partial charge in [-0.05, 0) is 11.6 Å². The molecule has 0 aliphatic heterocycles. The van der Waals surface area contributed by atoms with Crippen molar-refractivity contribution >= 4 is 11.6 Å². The molecule has 0 aliphatic carbocycles. The van der Waals surface area contributed by atoms with Crippen molar-refractivity contribution in [2.45, 2.75) is 6.10 Å². The molecule has 0 aromatic heterocycles. The van der Waals surface area contributed by atoms with Gasteiger partial charge in [-0.25, -0.2) is 0 Å². The summed E-state index contributed by atoms with van der Waals surface area (Å²) in [6.07, 6.45) is -0.808. The molecule has 17 heavy (non-hydrogen) atoms. The number of nitrogens with zero attached hydrogens (tertiary/aromatic N) is 1. The topological polar surface area (TPSA) is 44.0 Å². The molecule has 3 heteroatoms. The number of rotatable bonds is 2. The van der Waals surface area contributed by atoms with Gasteiger partial charge in [0.05, 0.1) is 10.6 Å². The number of hydrogen-bond acceptors (Lipinski definition) is 2. The second kappa shape index (κ2) is 5.01. The Bertz CT molecular complexity index is 560. The number of aliphatic hydroxyl groups is 1. The van der Waals surface area contributed by atoms with E-state index in [0.29, 0.717) is 16.1 Å². The third-order valence-electron chi connectivity index (χ3n) is 2.56. The zero-order chi connectivity index (χ0) is 12.3. The van der Waals surface area contributed by atoms with E-state index in [9.17, 15) is 5.11 Å². The van der Waals surface area contributed by atoms with Gasteiger partial charge < -0.3 is 5.11 Å². The predicted octanol–water partition coefficient (Wildman–Crippen LogP) is 3.29. The van der Waals surface area contributed by atoms with Gasteiger partial charge in [-0.15, -0.1) is 0 Å². The van der Waals surface area contributed by atoms with Gasteiger partial charge in [0, 0.05) is 5.56 Å². The third kappa shape index (κ3) is 2.31. The van der Waals surface area contributed by atoms with E-state index in [4.69, 9.17) is 16.9 Å². The van der Waals surface area contributed by atoms with Crippen LogP contribution in [0.15, 0.2) is 48.5 Å². The second-order valence-electron chi connectivity index (χ2n) is 3.63. The first-order valence-electron chi connectivity index (χ1n) is 5.15. The molecule has 1 atom stereocenters. The summed E-state index contributed by atoms with van der Waals surface area (Å²) in [5.74, 6) is 0. The van der Waals surface area contributed by atoms with E-state index >= 15 is 0 Å². The van der Waals surface area contributed by atoms with Gasteiger partial charge in [-0.1, -0.05) is 54.1 Å². The molecule has 0 radical (unpaired) electrons. The molecule has 0 heterocycles. The van der Waals surface area contributed by atoms with Crippen LogP contribution in [0.2, 0.25) is 5.02 Å². The molecule has 2 aromatic rings. The third-order valence-corrected chi connectivity index (χ3v) is 2.98. The van der Waals surface area contributed by atoms with Crippen molar-refractivity contribution in [2.75, 3.05) is 0 Å². The van der Waals surface area contributed by atoms with Gasteiger partial charge in [-0.2, -0.15) is 5.26 Å². The molecule has 1 N–H and O–H groups in total. The van der Waals surface area contributed by atoms with Crippen molar-refractivity contribution in [3.63, 3.8) is 0 Å². The van der Waals surface area contributed by atoms with Crippen molar-refractivity contribution in [3.8, 4) is 6.07 Å². The van der Waals surface area contributed by atoms with Crippen LogP contribution in [0, 0.1) is 11.3 Å². The number of halogens is 1. The Hall–Kier alpha value is -1.82. The van der Waals surface area contributed by atoms with Crippen molar-refractivity contribution in [3.05, 3.63) is 70.2 Å². The Kier molecular flexibility index (Phi) is 3.43. The largest absolute Gasteiger partial charge is 0.384 e. The molecule has 84 valence electrons. The fourth-order valence-corrected chi connectivity index (χ4v) is 1.93. The fraction of sp³-hybridized carbons (Fsp3) is 0.0714. The molecular formula is C14H10ClNO. The normalized spacial score (nSPS) is 11.8. The first-order valence-corrected chi connectivity index (χ1v) is 5.53. The van der Waals surface area contributed by atoms with Crippen LogP contribution in [0.1, 0.15) is 22.8 Å². The Labute approximate surface area is 105 Å². The molecule has 0 saturated carbocycles. The number of hydrogen-bond donors (Lipinski definition) is 1. The number of nitriles is 1. The Balaban J connectivity index is 2.45. The van der Waals surface area contributed by atoms with E-state index in [0.717, 1.165) is 5.56 Å². The molecule has 0 aliphatic rings. The standard InChI is InChI=1S/C14H10ClNO/c15-13-11(9-16)7-4-8-12(13)14(17)10-5-2-1-3-6-10/h1-8,14,17H. The minimum absolute atomic E-state index is 0.311. The molecule has 2 aromatic carbocycles. The Morgan fingerprint density at radius 3 is 2.41 bits per heavy atom. The van der Waals surface area contributed by atoms with E-state index in [1.807, 2.05) is 36.4 Å². The average Bonchev–Trinajstić information content (AvgIpc) is 2.39. The highest BCUT2D eigenvalue weighted by Crippen LogP contribution is 2.30. The molecule has 0 amide bonds. The Morgan fingerprint density at radius 2 is 1.76 bits per heavy atom. The lowest BCUT2D eigenvalue weighted by Crippen LogP contribution is -2.01. The molecule has 0 saturated heterocycles. The van der Waals surface area contributed by atoms with Crippen molar-refractivity contribution in [1.82, 2.24) is 0 Å². The van der Waals surface area contributed by atoms with Gasteiger partial charge in [0.15, 0.2) is 0 Å². The van der Waals surface area contributed by atoms with Gasteiger partial charge in [0.25, 0.3) is 0 Å². The monoisotopic (exact) mass is 243 g/mol. The molecule has 0 spiro atoms. The van der Waals surface area contributed by atoms with E-state index in [-0.39, 0.29) is 0 Å². The maximum atomic E-state index is 10.2. The fourth-order valence-electron chi connectivity index (χ4n) is 1.66. The van der Waals surface area contributed by atoms with Gasteiger partial charge in [-0.3, -0.25) is 0 Å². The smallest absolute Gasteiger partial charge is 0.106 e. The van der Waals surface area contributed by atoms with E-state index in [2.05, 4.69) is 0 Å². The van der Waals surface area contributed by atoms with Crippen LogP contribution < -0.4 is 0 Å². The zero-order valence-electron chi connectivity index (χ0n) is 8.97. The summed E-state index contributed by atoms with van der Waals surface area (Å²) in [5.41, 5.74) is 1.68. The average molecular weight is 244 g/mol.